The van der Waals surface area contributed by atoms with E-state index in [4.69, 9.17) is 0 Å². The zero-order chi connectivity index (χ0) is 17.5. The Labute approximate surface area is 172 Å². The van der Waals surface area contributed by atoms with Gasteiger partial charge in [-0.1, -0.05) is 6.42 Å². The molecule has 2 N–H and O–H groups in total. The Morgan fingerprint density at radius 1 is 1.11 bits per heavy atom. The molecule has 0 saturated carbocycles. The first-order valence-corrected chi connectivity index (χ1v) is 9.05. The largest absolute Gasteiger partial charge is 0.354 e. The number of piperazine rings is 1. The Kier molecular flexibility index (Phi) is 10.4. The third kappa shape index (κ3) is 6.79. The van der Waals surface area contributed by atoms with E-state index >= 15 is 0 Å². The van der Waals surface area contributed by atoms with Gasteiger partial charge in [-0.2, -0.15) is 0 Å². The summed E-state index contributed by atoms with van der Waals surface area (Å²) in [5.74, 6) is 0.811. The monoisotopic (exact) mass is 418 g/mol. The van der Waals surface area contributed by atoms with Crippen LogP contribution >= 0.6 is 24.8 Å². The van der Waals surface area contributed by atoms with Crippen molar-refractivity contribution < 1.29 is 9.59 Å². The summed E-state index contributed by atoms with van der Waals surface area (Å²) in [6.45, 7) is 4.08. The number of hydrogen-bond donors (Lipinski definition) is 2. The van der Waals surface area contributed by atoms with E-state index in [1.165, 1.54) is 0 Å². The first kappa shape index (κ1) is 23.4. The molecule has 2 aliphatic rings. The van der Waals surface area contributed by atoms with Gasteiger partial charge in [-0.05, 0) is 25.5 Å². The summed E-state index contributed by atoms with van der Waals surface area (Å²) in [6, 6.07) is 1.69. The second-order valence-electron chi connectivity index (χ2n) is 6.46. The lowest BCUT2D eigenvalue weighted by atomic mass is 10.0. The van der Waals surface area contributed by atoms with Crippen LogP contribution in [0, 0.1) is 0 Å². The number of carbonyl (C=O) groups excluding carboxylic acids is 2. The molecular weight excluding hydrogens is 391 g/mol. The molecule has 2 fully saturated rings. The molecule has 1 atom stereocenters. The number of aromatic nitrogens is 2. The predicted octanol–water partition coefficient (Wildman–Crippen LogP) is 0.617. The van der Waals surface area contributed by atoms with E-state index in [1.807, 2.05) is 4.90 Å². The molecule has 3 heterocycles. The summed E-state index contributed by atoms with van der Waals surface area (Å²) in [7, 11) is 0. The van der Waals surface area contributed by atoms with Crippen LogP contribution < -0.4 is 15.5 Å². The van der Waals surface area contributed by atoms with E-state index in [0.717, 1.165) is 38.9 Å². The first-order chi connectivity index (χ1) is 12.2. The normalized spacial score (nSPS) is 19.5. The summed E-state index contributed by atoms with van der Waals surface area (Å²) in [5.41, 5.74) is 0. The molecule has 2 saturated heterocycles. The van der Waals surface area contributed by atoms with Gasteiger partial charge in [0, 0.05) is 51.5 Å². The van der Waals surface area contributed by atoms with Crippen LogP contribution in [0.2, 0.25) is 0 Å². The summed E-state index contributed by atoms with van der Waals surface area (Å²) in [6.07, 6.45) is 6.89. The lowest BCUT2D eigenvalue weighted by molar-refractivity contribution is -0.131. The maximum atomic E-state index is 12.3. The molecule has 2 amide bonds. The second-order valence-corrected chi connectivity index (χ2v) is 6.46. The van der Waals surface area contributed by atoms with Crippen molar-refractivity contribution in [3.8, 4) is 0 Å². The number of carbonyl (C=O) groups is 2. The maximum Gasteiger partial charge on any atom is 0.237 e. The van der Waals surface area contributed by atoms with E-state index in [2.05, 4.69) is 25.5 Å². The minimum absolute atomic E-state index is 0. The second kappa shape index (κ2) is 11.9. The minimum atomic E-state index is -0.0988. The number of nitrogens with one attached hydrogen (secondary N) is 2. The zero-order valence-corrected chi connectivity index (χ0v) is 16.9. The Hall–Kier alpha value is -1.64. The van der Waals surface area contributed by atoms with Crippen molar-refractivity contribution in [1.82, 2.24) is 25.5 Å². The van der Waals surface area contributed by atoms with E-state index < -0.39 is 0 Å². The van der Waals surface area contributed by atoms with Gasteiger partial charge in [0.1, 0.15) is 0 Å². The van der Waals surface area contributed by atoms with Crippen LogP contribution in [0.1, 0.15) is 25.7 Å². The molecule has 0 unspecified atom stereocenters. The molecule has 0 spiro atoms. The molecule has 0 radical (unpaired) electrons. The van der Waals surface area contributed by atoms with Gasteiger partial charge in [0.15, 0.2) is 0 Å². The fourth-order valence-corrected chi connectivity index (χ4v) is 3.26. The van der Waals surface area contributed by atoms with Crippen molar-refractivity contribution in [2.45, 2.75) is 31.7 Å². The molecule has 152 valence electrons. The fraction of sp³-hybridized carbons (Fsp3) is 0.647. The average Bonchev–Trinajstić information content (AvgIpc) is 2.69. The summed E-state index contributed by atoms with van der Waals surface area (Å²) < 4.78 is 0. The smallest absolute Gasteiger partial charge is 0.237 e. The SMILES string of the molecule is Cl.Cl.O=C(NCCC(=O)N1CCN(c2ncccn2)CC1)[C@H]1CCCCN1. The Morgan fingerprint density at radius 3 is 2.44 bits per heavy atom. The van der Waals surface area contributed by atoms with Gasteiger partial charge < -0.3 is 20.4 Å². The Balaban J connectivity index is 0.00000182. The summed E-state index contributed by atoms with van der Waals surface area (Å²) in [5, 5.41) is 6.09. The number of piperidine rings is 1. The summed E-state index contributed by atoms with van der Waals surface area (Å²) in [4.78, 5) is 36.8. The van der Waals surface area contributed by atoms with Crippen molar-refractivity contribution >= 4 is 42.6 Å². The average molecular weight is 419 g/mol. The molecule has 0 aliphatic carbocycles. The van der Waals surface area contributed by atoms with Crippen molar-refractivity contribution in [3.05, 3.63) is 18.5 Å². The van der Waals surface area contributed by atoms with Crippen molar-refractivity contribution in [3.63, 3.8) is 0 Å². The first-order valence-electron chi connectivity index (χ1n) is 9.05. The number of amides is 2. The van der Waals surface area contributed by atoms with Crippen LogP contribution in [-0.2, 0) is 9.59 Å². The van der Waals surface area contributed by atoms with Crippen LogP contribution in [-0.4, -0.2) is 72.0 Å². The predicted molar refractivity (Wildman–Crippen MR) is 109 cm³/mol. The molecule has 3 rings (SSSR count). The third-order valence-corrected chi connectivity index (χ3v) is 4.73. The lowest BCUT2D eigenvalue weighted by Crippen LogP contribution is -2.50. The molecule has 1 aromatic rings. The molecular formula is C17H28Cl2N6O2. The van der Waals surface area contributed by atoms with Gasteiger partial charge in [0.2, 0.25) is 17.8 Å². The van der Waals surface area contributed by atoms with Gasteiger partial charge in [-0.15, -0.1) is 24.8 Å². The van der Waals surface area contributed by atoms with Gasteiger partial charge in [0.05, 0.1) is 6.04 Å². The van der Waals surface area contributed by atoms with Crippen LogP contribution in [0.4, 0.5) is 5.95 Å². The fourth-order valence-electron chi connectivity index (χ4n) is 3.26. The van der Waals surface area contributed by atoms with Gasteiger partial charge in [0.25, 0.3) is 0 Å². The quantitative estimate of drug-likeness (QED) is 0.727. The van der Waals surface area contributed by atoms with Crippen LogP contribution in [0.3, 0.4) is 0 Å². The lowest BCUT2D eigenvalue weighted by Gasteiger charge is -2.34. The number of halogens is 2. The molecule has 0 bridgehead atoms. The zero-order valence-electron chi connectivity index (χ0n) is 15.3. The van der Waals surface area contributed by atoms with Gasteiger partial charge >= 0.3 is 0 Å². The maximum absolute atomic E-state index is 12.3. The number of rotatable bonds is 5. The van der Waals surface area contributed by atoms with Crippen molar-refractivity contribution in [1.29, 1.82) is 0 Å². The van der Waals surface area contributed by atoms with E-state index in [0.29, 0.717) is 32.0 Å². The van der Waals surface area contributed by atoms with Crippen LogP contribution in [0.25, 0.3) is 0 Å². The van der Waals surface area contributed by atoms with Crippen LogP contribution in [0.5, 0.6) is 0 Å². The number of anilines is 1. The highest BCUT2D eigenvalue weighted by Gasteiger charge is 2.23. The number of nitrogens with zero attached hydrogens (tertiary/aromatic N) is 4. The molecule has 0 aromatic carbocycles. The Bertz CT molecular complexity index is 578. The number of hydrogen-bond acceptors (Lipinski definition) is 6. The van der Waals surface area contributed by atoms with Gasteiger partial charge in [-0.25, -0.2) is 9.97 Å². The summed E-state index contributed by atoms with van der Waals surface area (Å²) >= 11 is 0. The van der Waals surface area contributed by atoms with E-state index in [9.17, 15) is 9.59 Å². The van der Waals surface area contributed by atoms with Crippen molar-refractivity contribution in [2.24, 2.45) is 0 Å². The third-order valence-electron chi connectivity index (χ3n) is 4.73. The molecule has 10 heteroatoms. The Morgan fingerprint density at radius 2 is 1.81 bits per heavy atom. The van der Waals surface area contributed by atoms with Crippen molar-refractivity contribution in [2.75, 3.05) is 44.2 Å². The van der Waals surface area contributed by atoms with E-state index in [1.54, 1.807) is 18.5 Å². The molecule has 8 nitrogen and oxygen atoms in total. The van der Waals surface area contributed by atoms with Gasteiger partial charge in [-0.3, -0.25) is 9.59 Å². The highest BCUT2D eigenvalue weighted by molar-refractivity contribution is 5.85. The molecule has 2 aliphatic heterocycles. The molecule has 27 heavy (non-hydrogen) atoms. The highest BCUT2D eigenvalue weighted by Crippen LogP contribution is 2.10. The standard InChI is InChI=1S/C17H26N6O2.2ClH/c24-15(5-9-19-16(25)14-4-1-2-6-18-14)22-10-12-23(13-11-22)17-20-7-3-8-21-17;;/h3,7-8,14,18H,1-2,4-6,9-13H2,(H,19,25);2*1H/t14-;;/m1../s1. The van der Waals surface area contributed by atoms with Crippen LogP contribution in [0.15, 0.2) is 18.5 Å². The van der Waals surface area contributed by atoms with E-state index in [-0.39, 0.29) is 42.7 Å². The molecule has 1 aromatic heterocycles. The topological polar surface area (TPSA) is 90.5 Å². The minimum Gasteiger partial charge on any atom is -0.354 e. The highest BCUT2D eigenvalue weighted by atomic mass is 35.5.